The minimum absolute atomic E-state index is 0.118. The Morgan fingerprint density at radius 3 is 2.33 bits per heavy atom. The Hall–Kier alpha value is -2.79. The van der Waals surface area contributed by atoms with Crippen molar-refractivity contribution in [1.29, 1.82) is 0 Å². The van der Waals surface area contributed by atoms with Gasteiger partial charge in [-0.2, -0.15) is 0 Å². The summed E-state index contributed by atoms with van der Waals surface area (Å²) in [6.45, 7) is 3.28. The number of nitrogens with one attached hydrogen (secondary N) is 1. The van der Waals surface area contributed by atoms with E-state index < -0.39 is 0 Å². The standard InChI is InChI=1S/C22H22N2O3/c25-22(23-18-14-24-11-9-15(18)10-12-24)21-8-7-20(27-21)17-5-3-16(4-6-17)19-2-1-13-26-19/h1-8,13,15,18H,9-12,14H2,(H,23,25)/t18-/m0/s1. The summed E-state index contributed by atoms with van der Waals surface area (Å²) in [6, 6.07) is 15.6. The summed E-state index contributed by atoms with van der Waals surface area (Å²) in [5.74, 6) is 2.38. The summed E-state index contributed by atoms with van der Waals surface area (Å²) in [7, 11) is 0. The molecule has 1 atom stereocenters. The van der Waals surface area contributed by atoms with E-state index >= 15 is 0 Å². The Labute approximate surface area is 158 Å². The van der Waals surface area contributed by atoms with E-state index in [1.807, 2.05) is 42.5 Å². The second-order valence-corrected chi connectivity index (χ2v) is 7.44. The van der Waals surface area contributed by atoms with Crippen molar-refractivity contribution in [2.45, 2.75) is 18.9 Å². The normalized spacial score (nSPS) is 24.1. The van der Waals surface area contributed by atoms with Crippen molar-refractivity contribution in [2.75, 3.05) is 19.6 Å². The van der Waals surface area contributed by atoms with Gasteiger partial charge < -0.3 is 19.1 Å². The van der Waals surface area contributed by atoms with Crippen LogP contribution in [0.3, 0.4) is 0 Å². The first-order chi connectivity index (χ1) is 13.3. The number of carbonyl (C=O) groups is 1. The lowest BCUT2D eigenvalue weighted by atomic mass is 9.84. The topological polar surface area (TPSA) is 58.6 Å². The number of carbonyl (C=O) groups excluding carboxylic acids is 1. The van der Waals surface area contributed by atoms with E-state index in [-0.39, 0.29) is 11.9 Å². The molecule has 0 unspecified atom stereocenters. The number of hydrogen-bond acceptors (Lipinski definition) is 4. The molecule has 0 aliphatic carbocycles. The molecule has 5 heteroatoms. The molecule has 0 radical (unpaired) electrons. The molecular weight excluding hydrogens is 340 g/mol. The monoisotopic (exact) mass is 362 g/mol. The number of furan rings is 2. The fourth-order valence-electron chi connectivity index (χ4n) is 4.22. The number of nitrogens with zero attached hydrogens (tertiary/aromatic N) is 1. The Bertz CT molecular complexity index is 919. The fourth-order valence-corrected chi connectivity index (χ4v) is 4.22. The van der Waals surface area contributed by atoms with Crippen molar-refractivity contribution in [3.05, 3.63) is 60.6 Å². The van der Waals surface area contributed by atoms with Crippen LogP contribution in [0.2, 0.25) is 0 Å². The minimum Gasteiger partial charge on any atom is -0.464 e. The third kappa shape index (κ3) is 3.19. The summed E-state index contributed by atoms with van der Waals surface area (Å²) < 4.78 is 11.2. The van der Waals surface area contributed by atoms with Gasteiger partial charge in [-0.05, 0) is 56.1 Å². The first-order valence-electron chi connectivity index (χ1n) is 9.54. The number of benzene rings is 1. The minimum atomic E-state index is -0.118. The molecule has 3 aliphatic heterocycles. The molecular formula is C22H22N2O3. The van der Waals surface area contributed by atoms with E-state index in [0.29, 0.717) is 17.4 Å². The quantitative estimate of drug-likeness (QED) is 0.761. The molecule has 2 bridgehead atoms. The lowest BCUT2D eigenvalue weighted by Gasteiger charge is -2.44. The molecule has 5 nitrogen and oxygen atoms in total. The second kappa shape index (κ2) is 6.74. The highest BCUT2D eigenvalue weighted by Gasteiger charge is 2.35. The van der Waals surface area contributed by atoms with Crippen LogP contribution in [0.25, 0.3) is 22.6 Å². The Morgan fingerprint density at radius 2 is 1.70 bits per heavy atom. The van der Waals surface area contributed by atoms with Gasteiger partial charge in [0.15, 0.2) is 5.76 Å². The average molecular weight is 362 g/mol. The average Bonchev–Trinajstić information content (AvgIpc) is 3.41. The van der Waals surface area contributed by atoms with Gasteiger partial charge >= 0.3 is 0 Å². The van der Waals surface area contributed by atoms with Gasteiger partial charge in [-0.15, -0.1) is 0 Å². The molecule has 0 spiro atoms. The fraction of sp³-hybridized carbons (Fsp3) is 0.318. The molecule has 3 fully saturated rings. The predicted molar refractivity (Wildman–Crippen MR) is 102 cm³/mol. The van der Waals surface area contributed by atoms with E-state index in [4.69, 9.17) is 8.83 Å². The molecule has 3 aromatic rings. The zero-order valence-electron chi connectivity index (χ0n) is 15.1. The molecule has 1 aromatic carbocycles. The molecule has 2 aromatic heterocycles. The Balaban J connectivity index is 1.28. The Morgan fingerprint density at radius 1 is 0.963 bits per heavy atom. The molecule has 5 heterocycles. The Kier molecular flexibility index (Phi) is 4.09. The molecule has 3 aliphatic rings. The summed E-state index contributed by atoms with van der Waals surface area (Å²) in [6.07, 6.45) is 4.02. The number of piperidine rings is 3. The zero-order chi connectivity index (χ0) is 18.2. The van der Waals surface area contributed by atoms with Crippen molar-refractivity contribution < 1.29 is 13.6 Å². The van der Waals surface area contributed by atoms with Crippen LogP contribution >= 0.6 is 0 Å². The summed E-state index contributed by atoms with van der Waals surface area (Å²) in [5.41, 5.74) is 1.95. The van der Waals surface area contributed by atoms with Gasteiger partial charge in [0.05, 0.1) is 6.26 Å². The maximum atomic E-state index is 12.6. The maximum absolute atomic E-state index is 12.6. The van der Waals surface area contributed by atoms with E-state index in [1.54, 1.807) is 12.3 Å². The van der Waals surface area contributed by atoms with Crippen molar-refractivity contribution >= 4 is 5.91 Å². The smallest absolute Gasteiger partial charge is 0.287 e. The van der Waals surface area contributed by atoms with Crippen LogP contribution in [0.1, 0.15) is 23.4 Å². The van der Waals surface area contributed by atoms with Gasteiger partial charge in [0.25, 0.3) is 5.91 Å². The van der Waals surface area contributed by atoms with Crippen LogP contribution < -0.4 is 5.32 Å². The number of rotatable bonds is 4. The van der Waals surface area contributed by atoms with Crippen molar-refractivity contribution in [2.24, 2.45) is 5.92 Å². The van der Waals surface area contributed by atoms with Gasteiger partial charge in [0.1, 0.15) is 11.5 Å². The SMILES string of the molecule is O=C(N[C@H]1CN2CCC1CC2)c1ccc(-c2ccc(-c3ccco3)cc2)o1. The molecule has 6 rings (SSSR count). The highest BCUT2D eigenvalue weighted by Crippen LogP contribution is 2.29. The largest absolute Gasteiger partial charge is 0.464 e. The van der Waals surface area contributed by atoms with Crippen LogP contribution in [0.15, 0.2) is 63.6 Å². The van der Waals surface area contributed by atoms with Crippen LogP contribution in [0.5, 0.6) is 0 Å². The molecule has 1 N–H and O–H groups in total. The van der Waals surface area contributed by atoms with E-state index in [9.17, 15) is 4.79 Å². The van der Waals surface area contributed by atoms with E-state index in [1.165, 1.54) is 12.8 Å². The molecule has 3 saturated heterocycles. The van der Waals surface area contributed by atoms with Crippen molar-refractivity contribution in [3.63, 3.8) is 0 Å². The summed E-state index contributed by atoms with van der Waals surface area (Å²) in [5, 5.41) is 3.17. The van der Waals surface area contributed by atoms with Gasteiger partial charge in [0.2, 0.25) is 0 Å². The van der Waals surface area contributed by atoms with Crippen molar-refractivity contribution in [3.8, 4) is 22.6 Å². The van der Waals surface area contributed by atoms with Gasteiger partial charge in [-0.1, -0.05) is 24.3 Å². The molecule has 1 amide bonds. The van der Waals surface area contributed by atoms with Crippen LogP contribution in [0.4, 0.5) is 0 Å². The first kappa shape index (κ1) is 16.4. The zero-order valence-corrected chi connectivity index (χ0v) is 15.1. The first-order valence-corrected chi connectivity index (χ1v) is 9.54. The van der Waals surface area contributed by atoms with Crippen LogP contribution in [0, 0.1) is 5.92 Å². The van der Waals surface area contributed by atoms with Gasteiger partial charge in [-0.25, -0.2) is 0 Å². The van der Waals surface area contributed by atoms with Crippen molar-refractivity contribution in [1.82, 2.24) is 10.2 Å². The van der Waals surface area contributed by atoms with Gasteiger partial charge in [0, 0.05) is 23.7 Å². The second-order valence-electron chi connectivity index (χ2n) is 7.44. The maximum Gasteiger partial charge on any atom is 0.287 e. The summed E-state index contributed by atoms with van der Waals surface area (Å²) >= 11 is 0. The van der Waals surface area contributed by atoms with Crippen LogP contribution in [-0.2, 0) is 0 Å². The number of fused-ring (bicyclic) bond motifs is 3. The third-order valence-electron chi connectivity index (χ3n) is 5.78. The lowest BCUT2D eigenvalue weighted by Crippen LogP contribution is -2.57. The summed E-state index contributed by atoms with van der Waals surface area (Å²) in [4.78, 5) is 15.0. The van der Waals surface area contributed by atoms with E-state index in [0.717, 1.165) is 36.5 Å². The third-order valence-corrected chi connectivity index (χ3v) is 5.78. The molecule has 138 valence electrons. The highest BCUT2D eigenvalue weighted by molar-refractivity contribution is 5.92. The molecule has 0 saturated carbocycles. The highest BCUT2D eigenvalue weighted by atomic mass is 16.4. The predicted octanol–water partition coefficient (Wildman–Crippen LogP) is 4.03. The number of amides is 1. The molecule has 27 heavy (non-hydrogen) atoms. The number of hydrogen-bond donors (Lipinski definition) is 1. The lowest BCUT2D eigenvalue weighted by molar-refractivity contribution is 0.0606. The van der Waals surface area contributed by atoms with E-state index in [2.05, 4.69) is 10.2 Å². The van der Waals surface area contributed by atoms with Gasteiger partial charge in [-0.3, -0.25) is 4.79 Å². The van der Waals surface area contributed by atoms with Crippen LogP contribution in [-0.4, -0.2) is 36.5 Å².